The maximum absolute atomic E-state index is 12.2. The zero-order valence-corrected chi connectivity index (χ0v) is 12.8. The van der Waals surface area contributed by atoms with Gasteiger partial charge in [0.25, 0.3) is 5.91 Å². The molecule has 0 aromatic heterocycles. The van der Waals surface area contributed by atoms with Crippen LogP contribution in [0.4, 0.5) is 5.69 Å². The quantitative estimate of drug-likeness (QED) is 0.859. The molecular formula is C16H16BrNO. The first-order valence-corrected chi connectivity index (χ1v) is 6.91. The van der Waals surface area contributed by atoms with Crippen molar-refractivity contribution in [3.63, 3.8) is 0 Å². The fraction of sp³-hybridized carbons (Fsp3) is 0.188. The van der Waals surface area contributed by atoms with Gasteiger partial charge < -0.3 is 5.32 Å². The van der Waals surface area contributed by atoms with Crippen LogP contribution in [0.5, 0.6) is 0 Å². The monoisotopic (exact) mass is 317 g/mol. The summed E-state index contributed by atoms with van der Waals surface area (Å²) in [4.78, 5) is 12.2. The van der Waals surface area contributed by atoms with E-state index in [4.69, 9.17) is 0 Å². The number of carbonyl (C=O) groups is 1. The van der Waals surface area contributed by atoms with Gasteiger partial charge in [0.15, 0.2) is 0 Å². The predicted molar refractivity (Wildman–Crippen MR) is 82.7 cm³/mol. The van der Waals surface area contributed by atoms with Crippen molar-refractivity contribution in [3.8, 4) is 0 Å². The lowest BCUT2D eigenvalue weighted by Gasteiger charge is -2.10. The Morgan fingerprint density at radius 3 is 2.26 bits per heavy atom. The second-order valence-electron chi connectivity index (χ2n) is 4.76. The maximum Gasteiger partial charge on any atom is 0.256 e. The summed E-state index contributed by atoms with van der Waals surface area (Å²) in [6, 6.07) is 11.7. The Bertz CT molecular complexity index is 635. The molecule has 0 aliphatic rings. The first kappa shape index (κ1) is 13.8. The molecular weight excluding hydrogens is 302 g/mol. The molecule has 0 aliphatic carbocycles. The predicted octanol–water partition coefficient (Wildman–Crippen LogP) is 4.63. The lowest BCUT2D eigenvalue weighted by atomic mass is 10.1. The van der Waals surface area contributed by atoms with Gasteiger partial charge in [0.1, 0.15) is 0 Å². The second-order valence-corrected chi connectivity index (χ2v) is 5.61. The third kappa shape index (κ3) is 3.24. The van der Waals surface area contributed by atoms with Gasteiger partial charge in [0.05, 0.1) is 5.56 Å². The molecule has 2 nitrogen and oxygen atoms in total. The molecule has 19 heavy (non-hydrogen) atoms. The number of anilines is 1. The van der Waals surface area contributed by atoms with Gasteiger partial charge in [-0.25, -0.2) is 0 Å². The Kier molecular flexibility index (Phi) is 4.05. The molecule has 1 N–H and O–H groups in total. The molecule has 2 aromatic carbocycles. The van der Waals surface area contributed by atoms with Crippen LogP contribution in [-0.4, -0.2) is 5.91 Å². The number of benzene rings is 2. The van der Waals surface area contributed by atoms with Crippen molar-refractivity contribution in [1.29, 1.82) is 0 Å². The summed E-state index contributed by atoms with van der Waals surface area (Å²) in [7, 11) is 0. The highest BCUT2D eigenvalue weighted by molar-refractivity contribution is 9.10. The summed E-state index contributed by atoms with van der Waals surface area (Å²) in [5.41, 5.74) is 4.87. The molecule has 98 valence electrons. The van der Waals surface area contributed by atoms with Gasteiger partial charge in [-0.2, -0.15) is 0 Å². The summed E-state index contributed by atoms with van der Waals surface area (Å²) in [6.07, 6.45) is 0. The summed E-state index contributed by atoms with van der Waals surface area (Å²) in [6.45, 7) is 6.03. The smallest absolute Gasteiger partial charge is 0.256 e. The molecule has 1 amide bonds. The van der Waals surface area contributed by atoms with Gasteiger partial charge in [0.2, 0.25) is 0 Å². The fourth-order valence-corrected chi connectivity index (χ4v) is 2.62. The standard InChI is InChI=1S/C16H16BrNO/c1-10-5-7-15(12(3)8-10)18-16(19)13-6-4-11(2)9-14(13)17/h4-9H,1-3H3,(H,18,19). The highest BCUT2D eigenvalue weighted by Crippen LogP contribution is 2.21. The van der Waals surface area contributed by atoms with E-state index >= 15 is 0 Å². The Morgan fingerprint density at radius 2 is 1.63 bits per heavy atom. The molecule has 0 radical (unpaired) electrons. The summed E-state index contributed by atoms with van der Waals surface area (Å²) < 4.78 is 0.815. The van der Waals surface area contributed by atoms with Crippen LogP contribution in [0.3, 0.4) is 0 Å². The third-order valence-electron chi connectivity index (χ3n) is 3.00. The number of nitrogens with one attached hydrogen (secondary N) is 1. The van der Waals surface area contributed by atoms with Crippen LogP contribution < -0.4 is 5.32 Å². The van der Waals surface area contributed by atoms with Crippen LogP contribution in [0.2, 0.25) is 0 Å². The minimum Gasteiger partial charge on any atom is -0.322 e. The van der Waals surface area contributed by atoms with Crippen molar-refractivity contribution in [1.82, 2.24) is 0 Å². The van der Waals surface area contributed by atoms with E-state index in [1.807, 2.05) is 51.1 Å². The van der Waals surface area contributed by atoms with Gasteiger partial charge in [0, 0.05) is 10.2 Å². The fourth-order valence-electron chi connectivity index (χ4n) is 1.95. The van der Waals surface area contributed by atoms with E-state index in [1.165, 1.54) is 5.56 Å². The van der Waals surface area contributed by atoms with Crippen molar-refractivity contribution >= 4 is 27.5 Å². The number of aryl methyl sites for hydroxylation is 3. The number of halogens is 1. The van der Waals surface area contributed by atoms with Gasteiger partial charge >= 0.3 is 0 Å². The number of hydrogen-bond donors (Lipinski definition) is 1. The van der Waals surface area contributed by atoms with Crippen LogP contribution in [0.15, 0.2) is 40.9 Å². The minimum absolute atomic E-state index is 0.0983. The van der Waals surface area contributed by atoms with E-state index in [0.717, 1.165) is 21.3 Å². The topological polar surface area (TPSA) is 29.1 Å². The van der Waals surface area contributed by atoms with Crippen molar-refractivity contribution in [3.05, 3.63) is 63.1 Å². The van der Waals surface area contributed by atoms with Crippen molar-refractivity contribution in [2.45, 2.75) is 20.8 Å². The highest BCUT2D eigenvalue weighted by Gasteiger charge is 2.11. The molecule has 0 saturated heterocycles. The molecule has 3 heteroatoms. The molecule has 0 heterocycles. The molecule has 2 rings (SSSR count). The molecule has 0 saturated carbocycles. The number of amides is 1. The Morgan fingerprint density at radius 1 is 1.00 bits per heavy atom. The van der Waals surface area contributed by atoms with E-state index in [-0.39, 0.29) is 5.91 Å². The minimum atomic E-state index is -0.0983. The van der Waals surface area contributed by atoms with E-state index in [9.17, 15) is 4.79 Å². The van der Waals surface area contributed by atoms with Gasteiger partial charge in [-0.15, -0.1) is 0 Å². The normalized spacial score (nSPS) is 10.3. The summed E-state index contributed by atoms with van der Waals surface area (Å²) in [5.74, 6) is -0.0983. The molecule has 0 spiro atoms. The average molecular weight is 318 g/mol. The highest BCUT2D eigenvalue weighted by atomic mass is 79.9. The largest absolute Gasteiger partial charge is 0.322 e. The zero-order chi connectivity index (χ0) is 14.0. The van der Waals surface area contributed by atoms with Crippen LogP contribution in [0.1, 0.15) is 27.0 Å². The van der Waals surface area contributed by atoms with E-state index in [1.54, 1.807) is 0 Å². The van der Waals surface area contributed by atoms with Crippen LogP contribution in [0.25, 0.3) is 0 Å². The Labute approximate surface area is 122 Å². The average Bonchev–Trinajstić information content (AvgIpc) is 2.32. The maximum atomic E-state index is 12.2. The Balaban J connectivity index is 2.25. The van der Waals surface area contributed by atoms with E-state index in [2.05, 4.69) is 27.3 Å². The second kappa shape index (κ2) is 5.57. The van der Waals surface area contributed by atoms with E-state index in [0.29, 0.717) is 5.56 Å². The van der Waals surface area contributed by atoms with Gasteiger partial charge in [-0.05, 0) is 66.0 Å². The van der Waals surface area contributed by atoms with Crippen LogP contribution in [-0.2, 0) is 0 Å². The van der Waals surface area contributed by atoms with Crippen molar-refractivity contribution in [2.75, 3.05) is 5.32 Å². The number of hydrogen-bond acceptors (Lipinski definition) is 1. The Hall–Kier alpha value is -1.61. The molecule has 2 aromatic rings. The third-order valence-corrected chi connectivity index (χ3v) is 3.66. The zero-order valence-electron chi connectivity index (χ0n) is 11.3. The SMILES string of the molecule is Cc1ccc(NC(=O)c2ccc(C)cc2Br)c(C)c1. The lowest BCUT2D eigenvalue weighted by molar-refractivity contribution is 0.102. The number of carbonyl (C=O) groups excluding carboxylic acids is 1. The number of rotatable bonds is 2. The summed E-state index contributed by atoms with van der Waals surface area (Å²) in [5, 5.41) is 2.95. The molecule has 0 unspecified atom stereocenters. The van der Waals surface area contributed by atoms with Crippen molar-refractivity contribution < 1.29 is 4.79 Å². The molecule has 0 aliphatic heterocycles. The molecule has 0 fully saturated rings. The van der Waals surface area contributed by atoms with Crippen molar-refractivity contribution in [2.24, 2.45) is 0 Å². The van der Waals surface area contributed by atoms with Crippen LogP contribution >= 0.6 is 15.9 Å². The molecule has 0 atom stereocenters. The molecule has 0 bridgehead atoms. The van der Waals surface area contributed by atoms with Crippen LogP contribution in [0, 0.1) is 20.8 Å². The van der Waals surface area contributed by atoms with Gasteiger partial charge in [-0.1, -0.05) is 23.8 Å². The lowest BCUT2D eigenvalue weighted by Crippen LogP contribution is -2.13. The first-order chi connectivity index (χ1) is 8.97. The van der Waals surface area contributed by atoms with E-state index < -0.39 is 0 Å². The van der Waals surface area contributed by atoms with Gasteiger partial charge in [-0.3, -0.25) is 4.79 Å². The summed E-state index contributed by atoms with van der Waals surface area (Å²) >= 11 is 3.43. The first-order valence-electron chi connectivity index (χ1n) is 6.12.